The topological polar surface area (TPSA) is 186 Å². The van der Waals surface area contributed by atoms with Crippen molar-refractivity contribution in [2.45, 2.75) is 64.6 Å². The fraction of sp³-hybridized carbons (Fsp3) is 0.435. The number of hydrogen-bond donors (Lipinski definition) is 4. The van der Waals surface area contributed by atoms with Gasteiger partial charge in [-0.1, -0.05) is 30.7 Å². The third kappa shape index (κ3) is 10.5. The van der Waals surface area contributed by atoms with Crippen LogP contribution >= 0.6 is 0 Å². The van der Waals surface area contributed by atoms with Crippen LogP contribution in [0.15, 0.2) is 73.1 Å². The minimum Gasteiger partial charge on any atom is -0.507 e. The summed E-state index contributed by atoms with van der Waals surface area (Å²) in [4.78, 5) is 51.3. The number of benzene rings is 2. The van der Waals surface area contributed by atoms with Gasteiger partial charge in [0.2, 0.25) is 0 Å². The number of urea groups is 1. The van der Waals surface area contributed by atoms with E-state index in [0.717, 1.165) is 65.6 Å². The molecule has 5 aromatic rings. The number of nitrogens with two attached hydrogens (primary N) is 1. The van der Waals surface area contributed by atoms with Gasteiger partial charge in [-0.3, -0.25) is 9.69 Å². The average molecular weight is 831 g/mol. The van der Waals surface area contributed by atoms with Gasteiger partial charge in [-0.25, -0.2) is 9.78 Å². The second kappa shape index (κ2) is 20.0. The van der Waals surface area contributed by atoms with Crippen molar-refractivity contribution in [1.82, 2.24) is 35.3 Å². The van der Waals surface area contributed by atoms with E-state index in [1.54, 1.807) is 25.4 Å². The highest BCUT2D eigenvalue weighted by molar-refractivity contribution is 5.95. The van der Waals surface area contributed by atoms with Crippen LogP contribution in [0.5, 0.6) is 5.75 Å². The Hall–Kier alpha value is -6.06. The van der Waals surface area contributed by atoms with Gasteiger partial charge in [0.05, 0.1) is 29.4 Å². The third-order valence-corrected chi connectivity index (χ3v) is 11.9. The smallest absolute Gasteiger partial charge is 0.321 e. The van der Waals surface area contributed by atoms with E-state index in [4.69, 9.17) is 10.5 Å². The molecule has 3 aliphatic heterocycles. The summed E-state index contributed by atoms with van der Waals surface area (Å²) < 4.78 is 6.33. The molecule has 8 rings (SSSR count). The number of piperidine rings is 2. The fourth-order valence-corrected chi connectivity index (χ4v) is 8.58. The number of para-hydroxylation sites is 1. The number of aldehydes is 1. The molecule has 0 spiro atoms. The number of aromatic hydroxyl groups is 1. The van der Waals surface area contributed by atoms with Gasteiger partial charge in [0, 0.05) is 75.4 Å². The van der Waals surface area contributed by atoms with E-state index in [-0.39, 0.29) is 36.3 Å². The number of rotatable bonds is 10. The van der Waals surface area contributed by atoms with E-state index in [9.17, 15) is 19.5 Å². The van der Waals surface area contributed by atoms with Crippen molar-refractivity contribution in [1.29, 1.82) is 0 Å². The number of likely N-dealkylation sites (tertiary alicyclic amines) is 2. The first-order valence-corrected chi connectivity index (χ1v) is 21.4. The van der Waals surface area contributed by atoms with Gasteiger partial charge >= 0.3 is 6.03 Å². The number of phenolic OH excluding ortho intramolecular Hbond substituents is 1. The Bertz CT molecular complexity index is 2270. The molecule has 0 aliphatic carbocycles. The maximum atomic E-state index is 13.3. The number of carbonyl (C=O) groups excluding carboxylic acids is 3. The zero-order valence-corrected chi connectivity index (χ0v) is 35.4. The van der Waals surface area contributed by atoms with Crippen LogP contribution in [-0.2, 0) is 9.53 Å². The van der Waals surface area contributed by atoms with Gasteiger partial charge in [-0.15, -0.1) is 10.2 Å². The molecule has 2 aromatic carbocycles. The maximum Gasteiger partial charge on any atom is 0.321 e. The van der Waals surface area contributed by atoms with Crippen LogP contribution < -0.4 is 20.9 Å². The highest BCUT2D eigenvalue weighted by Crippen LogP contribution is 2.35. The van der Waals surface area contributed by atoms with Crippen LogP contribution in [-0.4, -0.2) is 119 Å². The molecule has 15 heteroatoms. The summed E-state index contributed by atoms with van der Waals surface area (Å²) in [6, 6.07) is 18.5. The van der Waals surface area contributed by atoms with Crippen molar-refractivity contribution in [2.75, 3.05) is 74.9 Å². The standard InChI is InChI=1S/C33H42N6O3.C13H16N4O2/c1-23-20-39(29-19-28(35-36-32(29)34)27-7-3-4-8-30(27)40)22-31(42-23)25-9-11-26(12-10-25)33(41)38-17-13-24(14-18-38)21-37-15-5-2-6-16-37;1-9-7-15-12-11(9)6-10(8-16-12)17(4-3-5-18)13(19)14-2/h3-4,7-12,19,23-24,31,40H,2,5-6,13-18,20-22H2,1H3,(H2,34,36);5-8H,3-4H2,1-2H3,(H,14,19)(H,15,16). The quantitative estimate of drug-likeness (QED) is 0.115. The molecule has 61 heavy (non-hydrogen) atoms. The molecule has 6 heterocycles. The Balaban J connectivity index is 0.000000247. The monoisotopic (exact) mass is 830 g/mol. The Labute approximate surface area is 357 Å². The largest absolute Gasteiger partial charge is 0.507 e. The summed E-state index contributed by atoms with van der Waals surface area (Å²) in [5.74, 6) is 1.29. The second-order valence-electron chi connectivity index (χ2n) is 16.3. The number of fused-ring (bicyclic) bond motifs is 1. The van der Waals surface area contributed by atoms with Crippen LogP contribution in [0.3, 0.4) is 0 Å². The summed E-state index contributed by atoms with van der Waals surface area (Å²) >= 11 is 0. The molecule has 3 amide bonds. The average Bonchev–Trinajstić information content (AvgIpc) is 3.66. The molecule has 0 radical (unpaired) electrons. The summed E-state index contributed by atoms with van der Waals surface area (Å²) in [5, 5.41) is 22.3. The van der Waals surface area contributed by atoms with E-state index < -0.39 is 0 Å². The lowest BCUT2D eigenvalue weighted by atomic mass is 9.94. The highest BCUT2D eigenvalue weighted by Gasteiger charge is 2.30. The van der Waals surface area contributed by atoms with Gasteiger partial charge in [0.15, 0.2) is 5.82 Å². The molecular formula is C46H58N10O5. The molecule has 3 fully saturated rings. The Morgan fingerprint density at radius 1 is 1.02 bits per heavy atom. The number of ether oxygens (including phenoxy) is 1. The highest BCUT2D eigenvalue weighted by atomic mass is 16.5. The summed E-state index contributed by atoms with van der Waals surface area (Å²) in [5.41, 5.74) is 12.5. The lowest BCUT2D eigenvalue weighted by Crippen LogP contribution is -2.43. The summed E-state index contributed by atoms with van der Waals surface area (Å²) in [6.07, 6.45) is 10.5. The lowest BCUT2D eigenvalue weighted by molar-refractivity contribution is -0.107. The van der Waals surface area contributed by atoms with Crippen molar-refractivity contribution >= 4 is 46.5 Å². The van der Waals surface area contributed by atoms with Crippen LogP contribution in [0.1, 0.15) is 73.0 Å². The van der Waals surface area contributed by atoms with Crippen molar-refractivity contribution in [2.24, 2.45) is 5.92 Å². The Kier molecular flexibility index (Phi) is 14.1. The number of anilines is 3. The second-order valence-corrected chi connectivity index (χ2v) is 16.3. The number of pyridine rings is 1. The number of amides is 3. The lowest BCUT2D eigenvalue weighted by Gasteiger charge is -2.38. The van der Waals surface area contributed by atoms with E-state index in [1.807, 2.05) is 73.5 Å². The SMILES string of the molecule is CC1CN(c2cc(-c3ccccc3O)nnc2N)CC(c2ccc(C(=O)N3CCC(CN4CCCCC4)CC3)cc2)O1.CNC(=O)N(CCC=O)c1cnc2[nH]cc(C)c2c1. The molecule has 0 saturated carbocycles. The predicted molar refractivity (Wildman–Crippen MR) is 238 cm³/mol. The molecule has 15 nitrogen and oxygen atoms in total. The van der Waals surface area contributed by atoms with E-state index in [1.165, 1.54) is 43.8 Å². The van der Waals surface area contributed by atoms with E-state index in [2.05, 4.69) is 35.3 Å². The number of morpholine rings is 1. The first kappa shape index (κ1) is 43.0. The summed E-state index contributed by atoms with van der Waals surface area (Å²) in [7, 11) is 1.56. The van der Waals surface area contributed by atoms with Gasteiger partial charge < -0.3 is 45.4 Å². The molecule has 5 N–H and O–H groups in total. The van der Waals surface area contributed by atoms with E-state index >= 15 is 0 Å². The Morgan fingerprint density at radius 2 is 1.77 bits per heavy atom. The number of carbonyl (C=O) groups is 3. The normalized spacial score (nSPS) is 18.6. The zero-order chi connectivity index (χ0) is 42.9. The first-order valence-electron chi connectivity index (χ1n) is 21.4. The number of aromatic amines is 1. The molecule has 322 valence electrons. The number of H-pyrrole nitrogens is 1. The van der Waals surface area contributed by atoms with Gasteiger partial charge in [0.25, 0.3) is 5.91 Å². The van der Waals surface area contributed by atoms with Gasteiger partial charge in [-0.2, -0.15) is 0 Å². The minimum absolute atomic E-state index is 0.0440. The Morgan fingerprint density at radius 3 is 2.49 bits per heavy atom. The number of nitrogens with one attached hydrogen (secondary N) is 2. The number of phenols is 1. The third-order valence-electron chi connectivity index (χ3n) is 11.9. The molecule has 3 aliphatic rings. The van der Waals surface area contributed by atoms with Crippen molar-refractivity contribution in [3.8, 4) is 17.0 Å². The number of nitrogens with zero attached hydrogens (tertiary/aromatic N) is 7. The minimum atomic E-state index is -0.254. The number of aromatic nitrogens is 4. The molecule has 2 unspecified atom stereocenters. The predicted octanol–water partition coefficient (Wildman–Crippen LogP) is 6.34. The summed E-state index contributed by atoms with van der Waals surface area (Å²) in [6.45, 7) is 10.9. The molecule has 2 atom stereocenters. The van der Waals surface area contributed by atoms with E-state index in [0.29, 0.717) is 48.3 Å². The fourth-order valence-electron chi connectivity index (χ4n) is 8.58. The van der Waals surface area contributed by atoms with Crippen LogP contribution in [0.4, 0.5) is 22.0 Å². The van der Waals surface area contributed by atoms with Crippen LogP contribution in [0, 0.1) is 12.8 Å². The molecule has 0 bridgehead atoms. The molecule has 3 saturated heterocycles. The number of hydrogen-bond acceptors (Lipinski definition) is 11. The first-order chi connectivity index (χ1) is 29.6. The molecule has 3 aromatic heterocycles. The zero-order valence-electron chi connectivity index (χ0n) is 35.4. The van der Waals surface area contributed by atoms with Gasteiger partial charge in [-0.05, 0) is 106 Å². The van der Waals surface area contributed by atoms with Crippen molar-refractivity contribution < 1.29 is 24.2 Å². The number of aryl methyl sites for hydroxylation is 1. The van der Waals surface area contributed by atoms with Crippen molar-refractivity contribution in [3.05, 3.63) is 89.7 Å². The molecular weight excluding hydrogens is 773 g/mol. The van der Waals surface area contributed by atoms with Crippen LogP contribution in [0.2, 0.25) is 0 Å². The number of nitrogen functional groups attached to an aromatic ring is 1. The van der Waals surface area contributed by atoms with Crippen LogP contribution in [0.25, 0.3) is 22.3 Å². The van der Waals surface area contributed by atoms with Gasteiger partial charge in [0.1, 0.15) is 23.8 Å². The van der Waals surface area contributed by atoms with Crippen molar-refractivity contribution in [3.63, 3.8) is 0 Å². The maximum absolute atomic E-state index is 13.3.